The van der Waals surface area contributed by atoms with Crippen LogP contribution in [0.4, 0.5) is 4.79 Å². The third-order valence-electron chi connectivity index (χ3n) is 2.36. The number of aromatic nitrogens is 1. The number of carbonyl (C=O) groups is 2. The number of urea groups is 1. The number of nitrogens with zero attached hydrogens (tertiary/aromatic N) is 2. The molecule has 7 nitrogen and oxygen atoms in total. The van der Waals surface area contributed by atoms with Crippen molar-refractivity contribution in [3.05, 3.63) is 17.8 Å². The lowest BCUT2D eigenvalue weighted by molar-refractivity contribution is -0.137. The van der Waals surface area contributed by atoms with Crippen LogP contribution in [0.3, 0.4) is 0 Å². The van der Waals surface area contributed by atoms with Gasteiger partial charge in [0.15, 0.2) is 0 Å². The van der Waals surface area contributed by atoms with E-state index in [0.29, 0.717) is 11.7 Å². The largest absolute Gasteiger partial charge is 0.481 e. The van der Waals surface area contributed by atoms with Gasteiger partial charge in [-0.2, -0.15) is 0 Å². The van der Waals surface area contributed by atoms with E-state index in [9.17, 15) is 9.59 Å². The summed E-state index contributed by atoms with van der Waals surface area (Å²) in [5, 5.41) is 11.2. The minimum atomic E-state index is -0.939. The lowest BCUT2D eigenvalue weighted by Gasteiger charge is -2.19. The van der Waals surface area contributed by atoms with E-state index in [4.69, 9.17) is 9.52 Å². The Labute approximate surface area is 105 Å². The second-order valence-electron chi connectivity index (χ2n) is 4.05. The fourth-order valence-corrected chi connectivity index (χ4v) is 1.29. The lowest BCUT2D eigenvalue weighted by Crippen LogP contribution is -2.39. The molecule has 2 amide bonds. The molecule has 0 spiro atoms. The number of hydrogen-bond acceptors (Lipinski definition) is 4. The third-order valence-corrected chi connectivity index (χ3v) is 2.36. The molecule has 18 heavy (non-hydrogen) atoms. The minimum absolute atomic E-state index is 0.0869. The van der Waals surface area contributed by atoms with Gasteiger partial charge in [0, 0.05) is 13.6 Å². The Morgan fingerprint density at radius 2 is 2.28 bits per heavy atom. The maximum Gasteiger partial charge on any atom is 0.317 e. The molecule has 0 aliphatic heterocycles. The number of rotatable bonds is 5. The molecule has 100 valence electrons. The molecule has 7 heteroatoms. The molecular weight excluding hydrogens is 238 g/mol. The van der Waals surface area contributed by atoms with Crippen LogP contribution in [0.5, 0.6) is 0 Å². The second kappa shape index (κ2) is 6.04. The van der Waals surface area contributed by atoms with Crippen LogP contribution in [0.1, 0.15) is 31.0 Å². The van der Waals surface area contributed by atoms with E-state index in [-0.39, 0.29) is 25.0 Å². The standard InChI is InChI=1S/C11H17N3O4/c1-7-6-12-10(18-7)8(2)13-11(17)14(3)5-4-9(15)16/h6,8H,4-5H2,1-3H3,(H,13,17)(H,15,16). The molecule has 0 radical (unpaired) electrons. The number of nitrogens with one attached hydrogen (secondary N) is 1. The van der Waals surface area contributed by atoms with Crippen molar-refractivity contribution < 1.29 is 19.1 Å². The number of aliphatic carboxylic acids is 1. The Balaban J connectivity index is 2.46. The summed E-state index contributed by atoms with van der Waals surface area (Å²) in [4.78, 5) is 27.4. The molecule has 0 saturated heterocycles. The van der Waals surface area contributed by atoms with Gasteiger partial charge in [0.05, 0.1) is 12.6 Å². The van der Waals surface area contributed by atoms with Gasteiger partial charge in [0.25, 0.3) is 0 Å². The van der Waals surface area contributed by atoms with Crippen LogP contribution in [0.15, 0.2) is 10.6 Å². The average Bonchev–Trinajstić information content (AvgIpc) is 2.72. The number of carboxylic acid groups (broad SMARTS) is 1. The first kappa shape index (κ1) is 14.0. The van der Waals surface area contributed by atoms with Gasteiger partial charge in [-0.3, -0.25) is 4.79 Å². The Bertz CT molecular complexity index is 430. The number of carboxylic acids is 1. The van der Waals surface area contributed by atoms with Gasteiger partial charge in [0.2, 0.25) is 5.89 Å². The Hall–Kier alpha value is -2.05. The SMILES string of the molecule is Cc1cnc(C(C)NC(=O)N(C)CCC(=O)O)o1. The fraction of sp³-hybridized carbons (Fsp3) is 0.545. The molecule has 1 heterocycles. The van der Waals surface area contributed by atoms with Crippen molar-refractivity contribution in [1.29, 1.82) is 0 Å². The Kier molecular flexibility index (Phi) is 4.70. The van der Waals surface area contributed by atoms with Crippen molar-refractivity contribution in [2.75, 3.05) is 13.6 Å². The highest BCUT2D eigenvalue weighted by molar-refractivity contribution is 5.75. The molecule has 1 aromatic rings. The van der Waals surface area contributed by atoms with Crippen molar-refractivity contribution in [3.8, 4) is 0 Å². The molecular formula is C11H17N3O4. The smallest absolute Gasteiger partial charge is 0.317 e. The summed E-state index contributed by atoms with van der Waals surface area (Å²) < 4.78 is 5.29. The van der Waals surface area contributed by atoms with Gasteiger partial charge < -0.3 is 19.7 Å². The number of hydrogen-bond donors (Lipinski definition) is 2. The Morgan fingerprint density at radius 1 is 1.61 bits per heavy atom. The topological polar surface area (TPSA) is 95.7 Å². The maximum atomic E-state index is 11.7. The molecule has 0 fully saturated rings. The van der Waals surface area contributed by atoms with Crippen LogP contribution in [-0.2, 0) is 4.79 Å². The number of aryl methyl sites for hydroxylation is 1. The lowest BCUT2D eigenvalue weighted by atomic mass is 10.3. The predicted octanol–water partition coefficient (Wildman–Crippen LogP) is 1.16. The summed E-state index contributed by atoms with van der Waals surface area (Å²) in [6, 6.07) is -0.724. The van der Waals surface area contributed by atoms with Gasteiger partial charge in [0.1, 0.15) is 11.8 Å². The highest BCUT2D eigenvalue weighted by atomic mass is 16.4. The second-order valence-corrected chi connectivity index (χ2v) is 4.05. The number of amides is 2. The molecule has 0 aliphatic carbocycles. The van der Waals surface area contributed by atoms with E-state index in [2.05, 4.69) is 10.3 Å². The zero-order chi connectivity index (χ0) is 13.7. The van der Waals surface area contributed by atoms with Crippen LogP contribution in [-0.4, -0.2) is 40.6 Å². The molecule has 0 aliphatic rings. The highest BCUT2D eigenvalue weighted by Crippen LogP contribution is 2.12. The first-order chi connectivity index (χ1) is 8.40. The van der Waals surface area contributed by atoms with Crippen molar-refractivity contribution in [3.63, 3.8) is 0 Å². The molecule has 0 aromatic carbocycles. The monoisotopic (exact) mass is 255 g/mol. The summed E-state index contributed by atoms with van der Waals surface area (Å²) in [7, 11) is 1.53. The molecule has 1 aromatic heterocycles. The number of carbonyl (C=O) groups excluding carboxylic acids is 1. The van der Waals surface area contributed by atoms with Gasteiger partial charge in [-0.25, -0.2) is 9.78 Å². The van der Waals surface area contributed by atoms with Crippen LogP contribution in [0.25, 0.3) is 0 Å². The van der Waals surface area contributed by atoms with E-state index in [1.807, 2.05) is 0 Å². The van der Waals surface area contributed by atoms with Gasteiger partial charge in [-0.1, -0.05) is 0 Å². The summed E-state index contributed by atoms with van der Waals surface area (Å²) in [6.07, 6.45) is 1.49. The molecule has 1 atom stereocenters. The van der Waals surface area contributed by atoms with E-state index < -0.39 is 5.97 Å². The molecule has 1 unspecified atom stereocenters. The number of oxazole rings is 1. The van der Waals surface area contributed by atoms with E-state index in [0.717, 1.165) is 0 Å². The zero-order valence-electron chi connectivity index (χ0n) is 10.6. The maximum absolute atomic E-state index is 11.7. The van der Waals surface area contributed by atoms with Crippen LogP contribution < -0.4 is 5.32 Å². The summed E-state index contributed by atoms with van der Waals surface area (Å²) in [5.74, 6) is 0.156. The summed E-state index contributed by atoms with van der Waals surface area (Å²) >= 11 is 0. The Morgan fingerprint density at radius 3 is 2.78 bits per heavy atom. The van der Waals surface area contributed by atoms with Crippen LogP contribution in [0, 0.1) is 6.92 Å². The van der Waals surface area contributed by atoms with E-state index in [1.165, 1.54) is 11.9 Å². The first-order valence-electron chi connectivity index (χ1n) is 5.56. The van der Waals surface area contributed by atoms with Crippen molar-refractivity contribution in [2.45, 2.75) is 26.3 Å². The fourth-order valence-electron chi connectivity index (χ4n) is 1.29. The quantitative estimate of drug-likeness (QED) is 0.823. The van der Waals surface area contributed by atoms with Crippen molar-refractivity contribution in [2.24, 2.45) is 0 Å². The van der Waals surface area contributed by atoms with E-state index in [1.54, 1.807) is 20.0 Å². The summed E-state index contributed by atoms with van der Waals surface area (Å²) in [6.45, 7) is 3.66. The zero-order valence-corrected chi connectivity index (χ0v) is 10.6. The molecule has 2 N–H and O–H groups in total. The molecule has 0 bridgehead atoms. The average molecular weight is 255 g/mol. The third kappa shape index (κ3) is 4.08. The van der Waals surface area contributed by atoms with E-state index >= 15 is 0 Å². The minimum Gasteiger partial charge on any atom is -0.481 e. The van der Waals surface area contributed by atoms with Crippen LogP contribution in [0.2, 0.25) is 0 Å². The van der Waals surface area contributed by atoms with Crippen LogP contribution >= 0.6 is 0 Å². The van der Waals surface area contributed by atoms with Gasteiger partial charge >= 0.3 is 12.0 Å². The summed E-state index contributed by atoms with van der Waals surface area (Å²) in [5.41, 5.74) is 0. The predicted molar refractivity (Wildman–Crippen MR) is 63.1 cm³/mol. The van der Waals surface area contributed by atoms with Gasteiger partial charge in [-0.15, -0.1) is 0 Å². The normalized spacial score (nSPS) is 11.9. The van der Waals surface area contributed by atoms with Gasteiger partial charge in [-0.05, 0) is 13.8 Å². The highest BCUT2D eigenvalue weighted by Gasteiger charge is 2.17. The molecule has 0 saturated carbocycles. The van der Waals surface area contributed by atoms with Crippen molar-refractivity contribution >= 4 is 12.0 Å². The molecule has 1 rings (SSSR count). The van der Waals surface area contributed by atoms with Crippen molar-refractivity contribution in [1.82, 2.24) is 15.2 Å². The first-order valence-corrected chi connectivity index (χ1v) is 5.56.